The summed E-state index contributed by atoms with van der Waals surface area (Å²) in [6.45, 7) is 15.2. The lowest BCUT2D eigenvalue weighted by atomic mass is 10.1. The van der Waals surface area contributed by atoms with Crippen LogP contribution < -0.4 is 16.7 Å². The van der Waals surface area contributed by atoms with E-state index in [4.69, 9.17) is 15.2 Å². The number of carbonyl (C=O) groups excluding carboxylic acids is 2. The molecule has 0 saturated heterocycles. The molecule has 10 nitrogen and oxygen atoms in total. The predicted molar refractivity (Wildman–Crippen MR) is 139 cm³/mol. The van der Waals surface area contributed by atoms with Crippen molar-refractivity contribution in [1.29, 1.82) is 0 Å². The monoisotopic (exact) mass is 501 g/mol. The summed E-state index contributed by atoms with van der Waals surface area (Å²) in [5, 5.41) is 2.71. The van der Waals surface area contributed by atoms with Gasteiger partial charge in [-0.3, -0.25) is 4.57 Å². The topological polar surface area (TPSA) is 129 Å². The van der Waals surface area contributed by atoms with Crippen molar-refractivity contribution in [2.75, 3.05) is 18.8 Å². The van der Waals surface area contributed by atoms with Gasteiger partial charge >= 0.3 is 17.9 Å². The molecule has 0 fully saturated rings. The second kappa shape index (κ2) is 11.5. The van der Waals surface area contributed by atoms with Gasteiger partial charge in [-0.25, -0.2) is 14.4 Å². The van der Waals surface area contributed by atoms with Gasteiger partial charge in [0.1, 0.15) is 17.0 Å². The summed E-state index contributed by atoms with van der Waals surface area (Å²) in [6, 6.07) is 6.98. The normalized spacial score (nSPS) is 12.6. The van der Waals surface area contributed by atoms with Gasteiger partial charge in [-0.1, -0.05) is 12.1 Å². The van der Waals surface area contributed by atoms with E-state index in [1.54, 1.807) is 50.9 Å². The second-order valence-corrected chi connectivity index (χ2v) is 10.7. The smallest absolute Gasteiger partial charge is 0.410 e. The Morgan fingerprint density at radius 2 is 1.67 bits per heavy atom. The molecule has 1 aromatic carbocycles. The van der Waals surface area contributed by atoms with Gasteiger partial charge in [0.05, 0.1) is 11.7 Å². The average Bonchev–Trinajstić information content (AvgIpc) is 2.73. The molecular weight excluding hydrogens is 462 g/mol. The van der Waals surface area contributed by atoms with Crippen LogP contribution in [-0.2, 0) is 9.47 Å². The Labute approximate surface area is 212 Å². The number of hydrogen-bond donors (Lipinski definition) is 2. The molecule has 0 aliphatic rings. The first-order valence-electron chi connectivity index (χ1n) is 12.0. The number of carbonyl (C=O) groups is 2. The first-order valence-corrected chi connectivity index (χ1v) is 12.0. The number of nitrogens with one attached hydrogen (secondary N) is 1. The highest BCUT2D eigenvalue weighted by molar-refractivity contribution is 5.69. The molecule has 10 heteroatoms. The highest BCUT2D eigenvalue weighted by Gasteiger charge is 2.27. The van der Waals surface area contributed by atoms with E-state index < -0.39 is 29.1 Å². The minimum Gasteiger partial charge on any atom is -0.444 e. The van der Waals surface area contributed by atoms with E-state index in [0.29, 0.717) is 30.8 Å². The maximum atomic E-state index is 13.0. The molecule has 0 bridgehead atoms. The van der Waals surface area contributed by atoms with Crippen LogP contribution in [0.3, 0.4) is 0 Å². The summed E-state index contributed by atoms with van der Waals surface area (Å²) in [5.41, 5.74) is 6.21. The molecule has 1 atom stereocenters. The summed E-state index contributed by atoms with van der Waals surface area (Å²) < 4.78 is 12.3. The summed E-state index contributed by atoms with van der Waals surface area (Å²) >= 11 is 0. The fraction of sp³-hybridized carbons (Fsp3) is 0.538. The molecule has 0 spiro atoms. The third-order valence-electron chi connectivity index (χ3n) is 5.14. The van der Waals surface area contributed by atoms with E-state index in [9.17, 15) is 14.4 Å². The van der Waals surface area contributed by atoms with Crippen LogP contribution in [0.5, 0.6) is 0 Å². The number of amides is 2. The van der Waals surface area contributed by atoms with Crippen LogP contribution in [0.15, 0.2) is 35.3 Å². The lowest BCUT2D eigenvalue weighted by molar-refractivity contribution is 0.0171. The molecule has 0 saturated carbocycles. The number of nitrogen functional groups attached to an aromatic ring is 1. The number of nitrogens with zero attached hydrogens (tertiary/aromatic N) is 3. The lowest BCUT2D eigenvalue weighted by Crippen LogP contribution is -2.40. The summed E-state index contributed by atoms with van der Waals surface area (Å²) in [7, 11) is 0. The lowest BCUT2D eigenvalue weighted by Gasteiger charge is -2.32. The van der Waals surface area contributed by atoms with Crippen molar-refractivity contribution >= 4 is 18.0 Å². The largest absolute Gasteiger partial charge is 0.444 e. The Kier molecular flexibility index (Phi) is 9.12. The fourth-order valence-corrected chi connectivity index (χ4v) is 3.36. The summed E-state index contributed by atoms with van der Waals surface area (Å²) in [6.07, 6.45) is 1.20. The van der Waals surface area contributed by atoms with Gasteiger partial charge in [0, 0.05) is 24.8 Å². The van der Waals surface area contributed by atoms with E-state index in [1.807, 2.05) is 39.8 Å². The van der Waals surface area contributed by atoms with Gasteiger partial charge in [0.15, 0.2) is 0 Å². The molecule has 1 heterocycles. The number of ether oxygens (including phenoxy) is 2. The van der Waals surface area contributed by atoms with Crippen molar-refractivity contribution in [1.82, 2.24) is 19.8 Å². The van der Waals surface area contributed by atoms with Gasteiger partial charge in [-0.2, -0.15) is 4.98 Å². The molecule has 0 aliphatic carbocycles. The fourth-order valence-electron chi connectivity index (χ4n) is 3.36. The number of rotatable bonds is 7. The standard InChI is InChI=1S/C26H39N5O5/c1-17-16-31(22(32)29-21(17)27)20-12-10-19(11-13-20)18(2)30(24(34)36-26(6,7)8)15-9-14-28-23(33)35-25(3,4)5/h10-13,16,18H,9,14-15H2,1-8H3,(H,28,33)(H2,27,29,32). The molecule has 2 aromatic rings. The number of nitrogens with two attached hydrogens (primary N) is 1. The Bertz CT molecular complexity index is 1110. The van der Waals surface area contributed by atoms with Crippen LogP contribution in [0.1, 0.15) is 72.1 Å². The Morgan fingerprint density at radius 1 is 1.08 bits per heavy atom. The minimum atomic E-state index is -0.658. The number of benzene rings is 1. The van der Waals surface area contributed by atoms with Gasteiger partial charge in [0.2, 0.25) is 0 Å². The zero-order valence-electron chi connectivity index (χ0n) is 22.5. The molecule has 2 amide bonds. The van der Waals surface area contributed by atoms with Crippen molar-refractivity contribution in [3.8, 4) is 5.69 Å². The molecule has 0 radical (unpaired) electrons. The highest BCUT2D eigenvalue weighted by Crippen LogP contribution is 2.24. The Balaban J connectivity index is 2.17. The zero-order chi connectivity index (χ0) is 27.3. The summed E-state index contributed by atoms with van der Waals surface area (Å²) in [5.74, 6) is 0.204. The van der Waals surface area contributed by atoms with E-state index >= 15 is 0 Å². The number of hydrogen-bond acceptors (Lipinski definition) is 7. The van der Waals surface area contributed by atoms with Gasteiger partial charge < -0.3 is 25.4 Å². The van der Waals surface area contributed by atoms with Crippen molar-refractivity contribution < 1.29 is 19.1 Å². The maximum absolute atomic E-state index is 13.0. The number of aryl methyl sites for hydroxylation is 1. The Hall–Kier alpha value is -3.56. The first-order chi connectivity index (χ1) is 16.6. The van der Waals surface area contributed by atoms with Crippen molar-refractivity contribution in [2.24, 2.45) is 0 Å². The molecule has 1 unspecified atom stereocenters. The van der Waals surface area contributed by atoms with Crippen molar-refractivity contribution in [2.45, 2.75) is 79.1 Å². The minimum absolute atomic E-state index is 0.204. The number of anilines is 1. The Morgan fingerprint density at radius 3 is 2.22 bits per heavy atom. The third-order valence-corrected chi connectivity index (χ3v) is 5.14. The quantitative estimate of drug-likeness (QED) is 0.540. The second-order valence-electron chi connectivity index (χ2n) is 10.7. The van der Waals surface area contributed by atoms with Crippen LogP contribution in [0.25, 0.3) is 5.69 Å². The molecule has 3 N–H and O–H groups in total. The molecular formula is C26H39N5O5. The van der Waals surface area contributed by atoms with Gasteiger partial charge in [-0.05, 0) is 79.5 Å². The SMILES string of the molecule is Cc1cn(-c2ccc(C(C)N(CCCNC(=O)OC(C)(C)C)C(=O)OC(C)(C)C)cc2)c(=O)nc1N. The molecule has 36 heavy (non-hydrogen) atoms. The first kappa shape index (κ1) is 28.7. The van der Waals surface area contributed by atoms with Crippen LogP contribution in [0, 0.1) is 6.92 Å². The van der Waals surface area contributed by atoms with Crippen LogP contribution in [0.4, 0.5) is 15.4 Å². The number of alkyl carbamates (subject to hydrolysis) is 1. The number of aromatic nitrogens is 2. The average molecular weight is 502 g/mol. The van der Waals surface area contributed by atoms with Gasteiger partial charge in [-0.15, -0.1) is 0 Å². The predicted octanol–water partition coefficient (Wildman–Crippen LogP) is 4.34. The molecule has 0 aliphatic heterocycles. The van der Waals surface area contributed by atoms with Crippen molar-refractivity contribution in [3.05, 3.63) is 52.1 Å². The third kappa shape index (κ3) is 8.58. The maximum Gasteiger partial charge on any atom is 0.410 e. The molecule has 198 valence electrons. The highest BCUT2D eigenvalue weighted by atomic mass is 16.6. The molecule has 2 rings (SSSR count). The van der Waals surface area contributed by atoms with Crippen LogP contribution >= 0.6 is 0 Å². The zero-order valence-corrected chi connectivity index (χ0v) is 22.5. The summed E-state index contributed by atoms with van der Waals surface area (Å²) in [4.78, 5) is 42.7. The molecule has 1 aromatic heterocycles. The van der Waals surface area contributed by atoms with Crippen LogP contribution in [0.2, 0.25) is 0 Å². The van der Waals surface area contributed by atoms with E-state index in [1.165, 1.54) is 4.57 Å². The van der Waals surface area contributed by atoms with E-state index in [2.05, 4.69) is 10.3 Å². The van der Waals surface area contributed by atoms with Crippen LogP contribution in [-0.4, -0.2) is 50.9 Å². The van der Waals surface area contributed by atoms with Crippen molar-refractivity contribution in [3.63, 3.8) is 0 Å². The van der Waals surface area contributed by atoms with Gasteiger partial charge in [0.25, 0.3) is 0 Å². The van der Waals surface area contributed by atoms with E-state index in [0.717, 1.165) is 5.56 Å². The van der Waals surface area contributed by atoms with E-state index in [-0.39, 0.29) is 11.9 Å².